The Hall–Kier alpha value is -1.03. The van der Waals surface area contributed by atoms with Crippen molar-refractivity contribution in [3.05, 3.63) is 28.4 Å². The van der Waals surface area contributed by atoms with Gasteiger partial charge in [0.05, 0.1) is 16.4 Å². The van der Waals surface area contributed by atoms with Gasteiger partial charge in [-0.25, -0.2) is 4.98 Å². The van der Waals surface area contributed by atoms with E-state index >= 15 is 0 Å². The first-order chi connectivity index (χ1) is 6.59. The molecule has 1 heterocycles. The van der Waals surface area contributed by atoms with E-state index < -0.39 is 0 Å². The van der Waals surface area contributed by atoms with Gasteiger partial charge in [0.15, 0.2) is 0 Å². The molecule has 14 heavy (non-hydrogen) atoms. The lowest BCUT2D eigenvalue weighted by Crippen LogP contribution is -2.02. The third kappa shape index (κ3) is 3.38. The highest BCUT2D eigenvalue weighted by molar-refractivity contribution is 9.10. The maximum atomic E-state index is 5.57. The van der Waals surface area contributed by atoms with Gasteiger partial charge in [0.2, 0.25) is 0 Å². The number of rotatable bonds is 3. The summed E-state index contributed by atoms with van der Waals surface area (Å²) in [5, 5.41) is 3.18. The van der Waals surface area contributed by atoms with Gasteiger partial charge >= 0.3 is 0 Å². The molecule has 0 aliphatic carbocycles. The van der Waals surface area contributed by atoms with Crippen LogP contribution in [0.1, 0.15) is 13.8 Å². The Labute approximate surface area is 92.5 Å². The molecule has 0 atom stereocenters. The standard InChI is InChI=1S/C10H14BrN3/c1-7(2)3-4-13-10-9(11)5-8(12)6-14-10/h3,5-6H,4,12H2,1-2H3,(H,13,14). The van der Waals surface area contributed by atoms with Crippen molar-refractivity contribution in [2.75, 3.05) is 17.6 Å². The number of halogens is 1. The van der Waals surface area contributed by atoms with Crippen molar-refractivity contribution in [2.45, 2.75) is 13.8 Å². The van der Waals surface area contributed by atoms with Crippen molar-refractivity contribution >= 4 is 27.4 Å². The first-order valence-corrected chi connectivity index (χ1v) is 5.17. The van der Waals surface area contributed by atoms with Crippen LogP contribution < -0.4 is 11.1 Å². The number of anilines is 2. The maximum absolute atomic E-state index is 5.57. The van der Waals surface area contributed by atoms with Crippen LogP contribution in [0.3, 0.4) is 0 Å². The highest BCUT2D eigenvalue weighted by Gasteiger charge is 1.99. The number of aromatic nitrogens is 1. The molecule has 0 bridgehead atoms. The average molecular weight is 256 g/mol. The van der Waals surface area contributed by atoms with Crippen LogP contribution in [0.15, 0.2) is 28.4 Å². The molecule has 76 valence electrons. The second-order valence-electron chi connectivity index (χ2n) is 3.26. The van der Waals surface area contributed by atoms with Gasteiger partial charge in [0.1, 0.15) is 5.82 Å². The van der Waals surface area contributed by atoms with Crippen LogP contribution in [0.5, 0.6) is 0 Å². The van der Waals surface area contributed by atoms with Gasteiger partial charge in [-0.15, -0.1) is 0 Å². The number of allylic oxidation sites excluding steroid dienone is 1. The number of pyridine rings is 1. The second kappa shape index (κ2) is 5.00. The first-order valence-electron chi connectivity index (χ1n) is 4.38. The van der Waals surface area contributed by atoms with E-state index in [1.807, 2.05) is 6.07 Å². The van der Waals surface area contributed by atoms with Gasteiger partial charge in [-0.2, -0.15) is 0 Å². The van der Waals surface area contributed by atoms with Gasteiger partial charge in [0.25, 0.3) is 0 Å². The van der Waals surface area contributed by atoms with Crippen LogP contribution >= 0.6 is 15.9 Å². The van der Waals surface area contributed by atoms with Gasteiger partial charge in [-0.05, 0) is 35.8 Å². The first kappa shape index (κ1) is 11.0. The quantitative estimate of drug-likeness (QED) is 0.817. The van der Waals surface area contributed by atoms with E-state index in [-0.39, 0.29) is 0 Å². The minimum Gasteiger partial charge on any atom is -0.397 e. The van der Waals surface area contributed by atoms with E-state index in [1.54, 1.807) is 6.20 Å². The summed E-state index contributed by atoms with van der Waals surface area (Å²) < 4.78 is 0.889. The highest BCUT2D eigenvalue weighted by Crippen LogP contribution is 2.21. The third-order valence-electron chi connectivity index (χ3n) is 1.64. The van der Waals surface area contributed by atoms with Gasteiger partial charge < -0.3 is 11.1 Å². The second-order valence-corrected chi connectivity index (χ2v) is 4.12. The SMILES string of the molecule is CC(C)=CCNc1ncc(N)cc1Br. The molecule has 0 aliphatic heterocycles. The third-order valence-corrected chi connectivity index (χ3v) is 2.25. The summed E-state index contributed by atoms with van der Waals surface area (Å²) in [7, 11) is 0. The summed E-state index contributed by atoms with van der Waals surface area (Å²) in [6, 6.07) is 1.83. The van der Waals surface area contributed by atoms with E-state index in [1.165, 1.54) is 5.57 Å². The Bertz CT molecular complexity index is 343. The average Bonchev–Trinajstić information content (AvgIpc) is 2.08. The fourth-order valence-electron chi connectivity index (χ4n) is 0.935. The Balaban J connectivity index is 2.64. The molecular weight excluding hydrogens is 242 g/mol. The van der Waals surface area contributed by atoms with E-state index in [0.29, 0.717) is 5.69 Å². The number of nitrogens with one attached hydrogen (secondary N) is 1. The molecule has 1 aromatic rings. The molecule has 3 nitrogen and oxygen atoms in total. The topological polar surface area (TPSA) is 50.9 Å². The minimum atomic E-state index is 0.657. The number of hydrogen-bond donors (Lipinski definition) is 2. The van der Waals surface area contributed by atoms with Crippen LogP contribution in [-0.4, -0.2) is 11.5 Å². The predicted molar refractivity (Wildman–Crippen MR) is 64.3 cm³/mol. The zero-order chi connectivity index (χ0) is 10.6. The molecule has 0 fully saturated rings. The monoisotopic (exact) mass is 255 g/mol. The molecule has 1 aromatic heterocycles. The van der Waals surface area contributed by atoms with Crippen molar-refractivity contribution in [1.29, 1.82) is 0 Å². The molecule has 0 spiro atoms. The lowest BCUT2D eigenvalue weighted by Gasteiger charge is -2.05. The van der Waals surface area contributed by atoms with E-state index in [4.69, 9.17) is 5.73 Å². The normalized spacial score (nSPS) is 9.64. The lowest BCUT2D eigenvalue weighted by molar-refractivity contribution is 1.20. The fraction of sp³-hybridized carbons (Fsp3) is 0.300. The summed E-state index contributed by atoms with van der Waals surface area (Å²) in [5.74, 6) is 0.816. The van der Waals surface area contributed by atoms with Crippen LogP contribution in [0.4, 0.5) is 11.5 Å². The van der Waals surface area contributed by atoms with E-state index in [0.717, 1.165) is 16.8 Å². The molecule has 3 N–H and O–H groups in total. The zero-order valence-electron chi connectivity index (χ0n) is 8.34. The van der Waals surface area contributed by atoms with Crippen LogP contribution in [0.25, 0.3) is 0 Å². The summed E-state index contributed by atoms with van der Waals surface area (Å²) in [4.78, 5) is 4.16. The molecule has 1 rings (SSSR count). The zero-order valence-corrected chi connectivity index (χ0v) is 9.93. The molecular formula is C10H14BrN3. The Morgan fingerprint density at radius 3 is 2.93 bits per heavy atom. The number of nitrogen functional groups attached to an aromatic ring is 1. The van der Waals surface area contributed by atoms with Crippen LogP contribution in [0, 0.1) is 0 Å². The molecule has 0 saturated heterocycles. The van der Waals surface area contributed by atoms with Crippen LogP contribution in [0.2, 0.25) is 0 Å². The highest BCUT2D eigenvalue weighted by atomic mass is 79.9. The maximum Gasteiger partial charge on any atom is 0.140 e. The van der Waals surface area contributed by atoms with Crippen molar-refractivity contribution in [3.8, 4) is 0 Å². The van der Waals surface area contributed by atoms with Crippen LogP contribution in [-0.2, 0) is 0 Å². The lowest BCUT2D eigenvalue weighted by atomic mass is 10.3. The van der Waals surface area contributed by atoms with Crippen molar-refractivity contribution in [2.24, 2.45) is 0 Å². The van der Waals surface area contributed by atoms with Crippen molar-refractivity contribution < 1.29 is 0 Å². The number of nitrogens with zero attached hydrogens (tertiary/aromatic N) is 1. The smallest absolute Gasteiger partial charge is 0.140 e. The molecule has 0 unspecified atom stereocenters. The molecule has 0 aromatic carbocycles. The Morgan fingerprint density at radius 1 is 1.64 bits per heavy atom. The molecule has 0 radical (unpaired) electrons. The predicted octanol–water partition coefficient (Wildman–Crippen LogP) is 2.80. The van der Waals surface area contributed by atoms with Crippen molar-refractivity contribution in [3.63, 3.8) is 0 Å². The molecule has 0 aliphatic rings. The van der Waals surface area contributed by atoms with Gasteiger partial charge in [-0.3, -0.25) is 0 Å². The van der Waals surface area contributed by atoms with Crippen molar-refractivity contribution in [1.82, 2.24) is 4.98 Å². The minimum absolute atomic E-state index is 0.657. The molecule has 0 saturated carbocycles. The number of nitrogens with two attached hydrogens (primary N) is 1. The van der Waals surface area contributed by atoms with Gasteiger partial charge in [-0.1, -0.05) is 11.6 Å². The summed E-state index contributed by atoms with van der Waals surface area (Å²) >= 11 is 3.39. The summed E-state index contributed by atoms with van der Waals surface area (Å²) in [5.41, 5.74) is 7.51. The largest absolute Gasteiger partial charge is 0.397 e. The van der Waals surface area contributed by atoms with E-state index in [9.17, 15) is 0 Å². The Morgan fingerprint density at radius 2 is 2.36 bits per heavy atom. The Kier molecular flexibility index (Phi) is 3.95. The van der Waals surface area contributed by atoms with E-state index in [2.05, 4.69) is 46.2 Å². The number of hydrogen-bond acceptors (Lipinski definition) is 3. The van der Waals surface area contributed by atoms with Gasteiger partial charge in [0, 0.05) is 6.54 Å². The summed E-state index contributed by atoms with van der Waals surface area (Å²) in [6.45, 7) is 4.90. The molecule has 4 heteroatoms. The fourth-order valence-corrected chi connectivity index (χ4v) is 1.44. The summed E-state index contributed by atoms with van der Waals surface area (Å²) in [6.07, 6.45) is 3.74. The molecule has 0 amide bonds.